The number of aromatic nitrogens is 3. The summed E-state index contributed by atoms with van der Waals surface area (Å²) in [5.41, 5.74) is 1.95. The molecule has 26 heavy (non-hydrogen) atoms. The number of hydrogen-bond acceptors (Lipinski definition) is 5. The van der Waals surface area contributed by atoms with Gasteiger partial charge in [0.05, 0.1) is 14.2 Å². The number of hydrogen-bond donors (Lipinski definition) is 0. The van der Waals surface area contributed by atoms with Gasteiger partial charge in [-0.2, -0.15) is 10.1 Å². The molecule has 0 N–H and O–H groups in total. The zero-order valence-electron chi connectivity index (χ0n) is 15.1. The number of amides is 1. The van der Waals surface area contributed by atoms with Crippen molar-refractivity contribution >= 4 is 27.5 Å². The first-order chi connectivity index (χ1) is 12.5. The number of nitrogens with zero attached hydrogens (tertiary/aromatic N) is 4. The van der Waals surface area contributed by atoms with Crippen LogP contribution in [0.4, 0.5) is 0 Å². The van der Waals surface area contributed by atoms with E-state index in [1.807, 2.05) is 23.6 Å². The Morgan fingerprint density at radius 2 is 2.04 bits per heavy atom. The van der Waals surface area contributed by atoms with Crippen LogP contribution in [0.1, 0.15) is 16.1 Å². The van der Waals surface area contributed by atoms with E-state index in [-0.39, 0.29) is 5.91 Å². The highest BCUT2D eigenvalue weighted by Gasteiger charge is 2.17. The van der Waals surface area contributed by atoms with Gasteiger partial charge in [-0.3, -0.25) is 9.48 Å². The lowest BCUT2D eigenvalue weighted by Crippen LogP contribution is -2.17. The molecule has 0 atom stereocenters. The highest BCUT2D eigenvalue weighted by atomic mass is 32.1. The first kappa shape index (κ1) is 17.9. The predicted molar refractivity (Wildman–Crippen MR) is 101 cm³/mol. The van der Waals surface area contributed by atoms with E-state index in [4.69, 9.17) is 9.47 Å². The number of carbonyl (C=O) groups is 1. The summed E-state index contributed by atoms with van der Waals surface area (Å²) < 4.78 is 15.3. The number of methoxy groups -OCH3 is 2. The summed E-state index contributed by atoms with van der Waals surface area (Å²) in [5, 5.41) is 4.20. The van der Waals surface area contributed by atoms with Crippen LogP contribution in [-0.4, -0.2) is 34.5 Å². The molecule has 0 aliphatic heterocycles. The van der Waals surface area contributed by atoms with Crippen LogP contribution < -0.4 is 14.3 Å². The van der Waals surface area contributed by atoms with Gasteiger partial charge in [0.25, 0.3) is 5.91 Å². The number of aryl methyl sites for hydroxylation is 2. The summed E-state index contributed by atoms with van der Waals surface area (Å²) in [7, 11) is 4.99. The molecule has 0 bridgehead atoms. The first-order valence-electron chi connectivity index (χ1n) is 7.94. The maximum atomic E-state index is 12.7. The van der Waals surface area contributed by atoms with Crippen molar-refractivity contribution in [3.63, 3.8) is 0 Å². The molecule has 0 radical (unpaired) electrons. The predicted octanol–water partition coefficient (Wildman–Crippen LogP) is 2.69. The molecule has 0 unspecified atom stereocenters. The Bertz CT molecular complexity index is 1060. The SMILES string of the molecule is C=CCn1c(=NC(=O)c2nn(C)cc2C)sc2c(OC)ccc(OC)c21. The first-order valence-corrected chi connectivity index (χ1v) is 8.76. The van der Waals surface area contributed by atoms with Crippen LogP contribution in [0.25, 0.3) is 10.2 Å². The van der Waals surface area contributed by atoms with Gasteiger partial charge < -0.3 is 14.0 Å². The molecule has 0 aliphatic carbocycles. The van der Waals surface area contributed by atoms with Gasteiger partial charge in [-0.1, -0.05) is 17.4 Å². The van der Waals surface area contributed by atoms with Gasteiger partial charge in [0.1, 0.15) is 21.7 Å². The third-order valence-electron chi connectivity index (χ3n) is 3.92. The van der Waals surface area contributed by atoms with Crippen LogP contribution in [0.5, 0.6) is 11.5 Å². The van der Waals surface area contributed by atoms with Crippen LogP contribution in [0.15, 0.2) is 36.0 Å². The van der Waals surface area contributed by atoms with Gasteiger partial charge in [0.2, 0.25) is 0 Å². The molecule has 0 spiro atoms. The fourth-order valence-electron chi connectivity index (χ4n) is 2.80. The average Bonchev–Trinajstić information content (AvgIpc) is 3.14. The number of rotatable bonds is 5. The molecule has 1 aromatic carbocycles. The molecule has 1 amide bonds. The van der Waals surface area contributed by atoms with Crippen molar-refractivity contribution in [1.29, 1.82) is 0 Å². The minimum atomic E-state index is -0.384. The van der Waals surface area contributed by atoms with E-state index in [0.717, 1.165) is 15.8 Å². The molecule has 0 fully saturated rings. The van der Waals surface area contributed by atoms with Crippen LogP contribution in [0, 0.1) is 6.92 Å². The Hall–Kier alpha value is -2.87. The van der Waals surface area contributed by atoms with Gasteiger partial charge >= 0.3 is 0 Å². The number of ether oxygens (including phenoxy) is 2. The summed E-state index contributed by atoms with van der Waals surface area (Å²) in [6.07, 6.45) is 3.54. The molecule has 136 valence electrons. The molecule has 7 nitrogen and oxygen atoms in total. The molecule has 0 saturated carbocycles. The number of thiazole rings is 1. The highest BCUT2D eigenvalue weighted by Crippen LogP contribution is 2.35. The minimum Gasteiger partial charge on any atom is -0.495 e. The Morgan fingerprint density at radius 3 is 2.62 bits per heavy atom. The quantitative estimate of drug-likeness (QED) is 0.646. The highest BCUT2D eigenvalue weighted by molar-refractivity contribution is 7.16. The molecular formula is C18H20N4O3S. The van der Waals surface area contributed by atoms with Crippen molar-refractivity contribution in [2.45, 2.75) is 13.5 Å². The number of benzene rings is 1. The molecule has 2 heterocycles. The van der Waals surface area contributed by atoms with Gasteiger partial charge in [-0.15, -0.1) is 6.58 Å². The summed E-state index contributed by atoms with van der Waals surface area (Å²) in [6, 6.07) is 3.67. The summed E-state index contributed by atoms with van der Waals surface area (Å²) in [4.78, 5) is 17.5. The third kappa shape index (κ3) is 3.03. The average molecular weight is 372 g/mol. The number of carbonyl (C=O) groups excluding carboxylic acids is 1. The lowest BCUT2D eigenvalue weighted by Gasteiger charge is -2.08. The minimum absolute atomic E-state index is 0.342. The van der Waals surface area contributed by atoms with E-state index in [2.05, 4.69) is 16.7 Å². The van der Waals surface area contributed by atoms with E-state index in [1.165, 1.54) is 11.3 Å². The summed E-state index contributed by atoms with van der Waals surface area (Å²) in [6.45, 7) is 6.13. The van der Waals surface area contributed by atoms with Crippen LogP contribution >= 0.6 is 11.3 Å². The van der Waals surface area contributed by atoms with Crippen LogP contribution in [0.3, 0.4) is 0 Å². The summed E-state index contributed by atoms with van der Waals surface area (Å²) >= 11 is 1.37. The number of fused-ring (bicyclic) bond motifs is 1. The van der Waals surface area contributed by atoms with Crippen LogP contribution in [0.2, 0.25) is 0 Å². The van der Waals surface area contributed by atoms with E-state index >= 15 is 0 Å². The lowest BCUT2D eigenvalue weighted by atomic mass is 10.3. The second-order valence-corrected chi connectivity index (χ2v) is 6.66. The van der Waals surface area contributed by atoms with E-state index < -0.39 is 0 Å². The maximum Gasteiger partial charge on any atom is 0.300 e. The van der Waals surface area contributed by atoms with Crippen molar-refractivity contribution in [1.82, 2.24) is 14.3 Å². The molecule has 8 heteroatoms. The molecule has 3 rings (SSSR count). The normalized spacial score (nSPS) is 11.8. The second-order valence-electron chi connectivity index (χ2n) is 5.68. The molecule has 0 saturated heterocycles. The molecule has 0 aliphatic rings. The van der Waals surface area contributed by atoms with Crippen molar-refractivity contribution in [3.8, 4) is 11.5 Å². The zero-order chi connectivity index (χ0) is 18.8. The van der Waals surface area contributed by atoms with Gasteiger partial charge in [0, 0.05) is 25.4 Å². The van der Waals surface area contributed by atoms with Crippen molar-refractivity contribution < 1.29 is 14.3 Å². The van der Waals surface area contributed by atoms with Gasteiger partial charge in [0.15, 0.2) is 10.5 Å². The smallest absolute Gasteiger partial charge is 0.300 e. The Morgan fingerprint density at radius 1 is 1.35 bits per heavy atom. The Kier molecular flexibility index (Phi) is 4.94. The van der Waals surface area contributed by atoms with E-state index in [0.29, 0.717) is 28.5 Å². The fraction of sp³-hybridized carbons (Fsp3) is 0.278. The topological polar surface area (TPSA) is 70.6 Å². The maximum absolute atomic E-state index is 12.7. The van der Waals surface area contributed by atoms with E-state index in [9.17, 15) is 4.79 Å². The van der Waals surface area contributed by atoms with Crippen molar-refractivity contribution in [3.05, 3.63) is 47.0 Å². The third-order valence-corrected chi connectivity index (χ3v) is 5.01. The second kappa shape index (κ2) is 7.17. The van der Waals surface area contributed by atoms with E-state index in [1.54, 1.807) is 38.2 Å². The molecule has 3 aromatic rings. The monoisotopic (exact) mass is 372 g/mol. The van der Waals surface area contributed by atoms with Crippen LogP contribution in [-0.2, 0) is 13.6 Å². The standard InChI is InChI=1S/C18H20N4O3S/c1-6-9-22-15-12(24-4)7-8-13(25-5)16(15)26-18(22)19-17(23)14-11(2)10-21(3)20-14/h6-8,10H,1,9H2,2-5H3. The molecule has 2 aromatic heterocycles. The van der Waals surface area contributed by atoms with Gasteiger partial charge in [-0.05, 0) is 19.1 Å². The summed E-state index contributed by atoms with van der Waals surface area (Å²) in [5.74, 6) is 0.999. The lowest BCUT2D eigenvalue weighted by molar-refractivity contribution is 0.0992. The molecular weight excluding hydrogens is 352 g/mol. The zero-order valence-corrected chi connectivity index (χ0v) is 16.0. The van der Waals surface area contributed by atoms with Crippen molar-refractivity contribution in [2.24, 2.45) is 12.0 Å². The number of allylic oxidation sites excluding steroid dienone is 1. The Labute approximate surface area is 154 Å². The Balaban J connectivity index is 2.28. The fourth-order valence-corrected chi connectivity index (χ4v) is 3.94. The van der Waals surface area contributed by atoms with Gasteiger partial charge in [-0.25, -0.2) is 0 Å². The van der Waals surface area contributed by atoms with Crippen molar-refractivity contribution in [2.75, 3.05) is 14.2 Å². The largest absolute Gasteiger partial charge is 0.495 e.